The SMILES string of the molecule is COC1C[N+](C)(Cc2ccccc2)CCC1(OC)OC.COS(=O)(=O)[O-]. The summed E-state index contributed by atoms with van der Waals surface area (Å²) in [7, 11) is 3.79. The van der Waals surface area contributed by atoms with E-state index >= 15 is 0 Å². The molecule has 1 aliphatic rings. The smallest absolute Gasteiger partial charge is 0.217 e. The van der Waals surface area contributed by atoms with Crippen molar-refractivity contribution < 1.29 is 35.8 Å². The molecule has 0 radical (unpaired) electrons. The van der Waals surface area contributed by atoms with Gasteiger partial charge in [-0.05, 0) is 0 Å². The van der Waals surface area contributed by atoms with Crippen LogP contribution in [0.5, 0.6) is 0 Å². The minimum absolute atomic E-state index is 0.0556. The third-order valence-electron chi connectivity index (χ3n) is 4.68. The van der Waals surface area contributed by atoms with Crippen LogP contribution in [0.4, 0.5) is 0 Å². The Morgan fingerprint density at radius 1 is 1.15 bits per heavy atom. The van der Waals surface area contributed by atoms with Gasteiger partial charge in [0.25, 0.3) is 0 Å². The molecule has 0 bridgehead atoms. The number of hydrogen-bond donors (Lipinski definition) is 0. The van der Waals surface area contributed by atoms with E-state index in [0.29, 0.717) is 0 Å². The van der Waals surface area contributed by atoms with Crippen LogP contribution < -0.4 is 0 Å². The molecular weight excluding hydrogens is 362 g/mol. The minimum Gasteiger partial charge on any atom is -0.726 e. The second-order valence-electron chi connectivity index (χ2n) is 6.44. The summed E-state index contributed by atoms with van der Waals surface area (Å²) in [6.45, 7) is 2.90. The van der Waals surface area contributed by atoms with Crippen LogP contribution in [0.15, 0.2) is 30.3 Å². The molecule has 1 heterocycles. The summed E-state index contributed by atoms with van der Waals surface area (Å²) in [5.41, 5.74) is 1.35. The highest BCUT2D eigenvalue weighted by Crippen LogP contribution is 2.32. The third kappa shape index (κ3) is 6.58. The highest BCUT2D eigenvalue weighted by atomic mass is 32.3. The maximum atomic E-state index is 9.22. The van der Waals surface area contributed by atoms with Gasteiger partial charge in [-0.2, -0.15) is 0 Å². The first-order valence-electron chi connectivity index (χ1n) is 8.15. The van der Waals surface area contributed by atoms with Crippen LogP contribution in [0.3, 0.4) is 0 Å². The number of hydrogen-bond acceptors (Lipinski definition) is 7. The van der Waals surface area contributed by atoms with Crippen LogP contribution in [0.2, 0.25) is 0 Å². The number of likely N-dealkylation sites (tertiary alicyclic amines) is 1. The standard InChI is InChI=1S/C16H26NO3.CH4O4S/c1-17(12-14-8-6-5-7-9-14)11-10-16(19-3,20-4)15(13-17)18-2;1-5-6(2,3)4/h5-9,15H,10-13H2,1-4H3;1H3,(H,2,3,4)/q+1;/p-1. The van der Waals surface area contributed by atoms with Gasteiger partial charge in [-0.25, -0.2) is 8.42 Å². The molecular formula is C17H29NO7S. The summed E-state index contributed by atoms with van der Waals surface area (Å²) in [6, 6.07) is 10.6. The average molecular weight is 391 g/mol. The van der Waals surface area contributed by atoms with Crippen molar-refractivity contribution in [3.05, 3.63) is 35.9 Å². The molecule has 1 saturated heterocycles. The van der Waals surface area contributed by atoms with Gasteiger partial charge in [0.1, 0.15) is 13.1 Å². The Hall–Kier alpha value is -1.07. The highest BCUT2D eigenvalue weighted by Gasteiger charge is 2.49. The molecule has 0 amide bonds. The fourth-order valence-corrected chi connectivity index (χ4v) is 3.19. The molecule has 2 unspecified atom stereocenters. The molecule has 0 N–H and O–H groups in total. The van der Waals surface area contributed by atoms with Crippen LogP contribution in [0.1, 0.15) is 12.0 Å². The van der Waals surface area contributed by atoms with Crippen molar-refractivity contribution in [3.8, 4) is 0 Å². The van der Waals surface area contributed by atoms with Crippen LogP contribution in [-0.2, 0) is 35.3 Å². The van der Waals surface area contributed by atoms with Gasteiger partial charge in [-0.15, -0.1) is 0 Å². The molecule has 8 nitrogen and oxygen atoms in total. The predicted molar refractivity (Wildman–Crippen MR) is 94.9 cm³/mol. The van der Waals surface area contributed by atoms with Gasteiger partial charge < -0.3 is 23.2 Å². The Morgan fingerprint density at radius 3 is 2.12 bits per heavy atom. The van der Waals surface area contributed by atoms with E-state index in [-0.39, 0.29) is 6.10 Å². The summed E-state index contributed by atoms with van der Waals surface area (Å²) in [5, 5.41) is 0. The van der Waals surface area contributed by atoms with Crippen molar-refractivity contribution in [2.45, 2.75) is 24.9 Å². The maximum Gasteiger partial charge on any atom is 0.217 e. The summed E-state index contributed by atoms with van der Waals surface area (Å²) in [4.78, 5) is 0. The van der Waals surface area contributed by atoms with Crippen LogP contribution in [0, 0.1) is 0 Å². The van der Waals surface area contributed by atoms with Gasteiger partial charge in [0, 0.05) is 26.9 Å². The molecule has 1 fully saturated rings. The van der Waals surface area contributed by atoms with E-state index < -0.39 is 16.2 Å². The zero-order chi connectivity index (χ0) is 19.8. The van der Waals surface area contributed by atoms with E-state index in [1.165, 1.54) is 5.56 Å². The van der Waals surface area contributed by atoms with Gasteiger partial charge in [0.15, 0.2) is 6.10 Å². The summed E-state index contributed by atoms with van der Waals surface area (Å²) >= 11 is 0. The Bertz CT molecular complexity index is 634. The molecule has 0 aromatic heterocycles. The Balaban J connectivity index is 0.000000487. The fourth-order valence-electron chi connectivity index (χ4n) is 3.19. The molecule has 9 heteroatoms. The number of nitrogens with zero attached hydrogens (tertiary/aromatic N) is 1. The van der Waals surface area contributed by atoms with E-state index in [2.05, 4.69) is 41.6 Å². The van der Waals surface area contributed by atoms with Crippen molar-refractivity contribution in [2.24, 2.45) is 0 Å². The zero-order valence-electron chi connectivity index (χ0n) is 16.0. The van der Waals surface area contributed by atoms with E-state index in [0.717, 1.165) is 37.6 Å². The highest BCUT2D eigenvalue weighted by molar-refractivity contribution is 7.80. The van der Waals surface area contributed by atoms with E-state index in [1.807, 2.05) is 0 Å². The van der Waals surface area contributed by atoms with Gasteiger partial charge in [0.05, 0.1) is 27.1 Å². The summed E-state index contributed by atoms with van der Waals surface area (Å²) < 4.78 is 48.9. The first-order chi connectivity index (χ1) is 12.1. The Kier molecular flexibility index (Phi) is 8.61. The van der Waals surface area contributed by atoms with Gasteiger partial charge in [0.2, 0.25) is 16.2 Å². The number of likely N-dealkylation sites (N-methyl/N-ethyl adjacent to an activating group) is 1. The molecule has 0 aliphatic carbocycles. The molecule has 1 aliphatic heterocycles. The lowest BCUT2D eigenvalue weighted by molar-refractivity contribution is -0.934. The van der Waals surface area contributed by atoms with Crippen molar-refractivity contribution in [2.75, 3.05) is 48.6 Å². The summed E-state index contributed by atoms with van der Waals surface area (Å²) in [5.74, 6) is -0.608. The molecule has 150 valence electrons. The number of piperidine rings is 1. The fraction of sp³-hybridized carbons (Fsp3) is 0.647. The largest absolute Gasteiger partial charge is 0.726 e. The average Bonchev–Trinajstić information content (AvgIpc) is 2.62. The van der Waals surface area contributed by atoms with Gasteiger partial charge in [-0.3, -0.25) is 4.18 Å². The normalized spacial score (nSPS) is 25.2. The Morgan fingerprint density at radius 2 is 1.69 bits per heavy atom. The van der Waals surface area contributed by atoms with Crippen LogP contribution in [-0.4, -0.2) is 77.9 Å². The molecule has 0 saturated carbocycles. The number of benzene rings is 1. The molecule has 0 spiro atoms. The van der Waals surface area contributed by atoms with Gasteiger partial charge >= 0.3 is 0 Å². The number of methoxy groups -OCH3 is 3. The predicted octanol–water partition coefficient (Wildman–Crippen LogP) is 1.13. The van der Waals surface area contributed by atoms with Crippen molar-refractivity contribution in [1.82, 2.24) is 0 Å². The van der Waals surface area contributed by atoms with E-state index in [4.69, 9.17) is 14.2 Å². The van der Waals surface area contributed by atoms with Crippen LogP contribution in [0.25, 0.3) is 0 Å². The molecule has 1 aromatic carbocycles. The van der Waals surface area contributed by atoms with Crippen molar-refractivity contribution >= 4 is 10.4 Å². The second-order valence-corrected chi connectivity index (χ2v) is 7.59. The van der Waals surface area contributed by atoms with Crippen molar-refractivity contribution in [1.29, 1.82) is 0 Å². The summed E-state index contributed by atoms with van der Waals surface area (Å²) in [6.07, 6.45) is 0.780. The van der Waals surface area contributed by atoms with Gasteiger partial charge in [-0.1, -0.05) is 30.3 Å². The molecule has 26 heavy (non-hydrogen) atoms. The molecule has 1 aromatic rings. The number of ether oxygens (including phenoxy) is 3. The maximum absolute atomic E-state index is 9.22. The number of rotatable bonds is 6. The van der Waals surface area contributed by atoms with E-state index in [9.17, 15) is 13.0 Å². The lowest BCUT2D eigenvalue weighted by Crippen LogP contribution is -2.64. The zero-order valence-corrected chi connectivity index (χ0v) is 16.8. The monoisotopic (exact) mass is 391 g/mol. The quantitative estimate of drug-likeness (QED) is 0.311. The first-order valence-corrected chi connectivity index (χ1v) is 9.49. The third-order valence-corrected chi connectivity index (χ3v) is 5.09. The first kappa shape index (κ1) is 23.0. The topological polar surface area (TPSA) is 94.1 Å². The van der Waals surface area contributed by atoms with Crippen molar-refractivity contribution in [3.63, 3.8) is 0 Å². The minimum atomic E-state index is -4.41. The lowest BCUT2D eigenvalue weighted by Gasteiger charge is -2.48. The Labute approximate surface area is 156 Å². The van der Waals surface area contributed by atoms with E-state index in [1.54, 1.807) is 21.3 Å². The number of quaternary nitrogens is 1. The lowest BCUT2D eigenvalue weighted by atomic mass is 9.97. The molecule has 2 atom stereocenters. The van der Waals surface area contributed by atoms with Crippen LogP contribution >= 0.6 is 0 Å². The second kappa shape index (κ2) is 9.75. The molecule has 2 rings (SSSR count).